The predicted octanol–water partition coefficient (Wildman–Crippen LogP) is 4.09. The van der Waals surface area contributed by atoms with Gasteiger partial charge in [0.15, 0.2) is 0 Å². The summed E-state index contributed by atoms with van der Waals surface area (Å²) in [6.07, 6.45) is 0. The SMILES string of the molecule is CC(C)c1ccccc1C(=O)N(C)c1ccccc1. The van der Waals surface area contributed by atoms with Crippen LogP contribution in [0.5, 0.6) is 0 Å². The van der Waals surface area contributed by atoms with Gasteiger partial charge in [0.05, 0.1) is 0 Å². The van der Waals surface area contributed by atoms with Gasteiger partial charge in [-0.2, -0.15) is 0 Å². The lowest BCUT2D eigenvalue weighted by Crippen LogP contribution is -2.27. The summed E-state index contributed by atoms with van der Waals surface area (Å²) in [7, 11) is 1.81. The van der Waals surface area contributed by atoms with Gasteiger partial charge in [-0.05, 0) is 29.7 Å². The van der Waals surface area contributed by atoms with E-state index in [1.807, 2.05) is 61.6 Å². The van der Waals surface area contributed by atoms with Gasteiger partial charge < -0.3 is 4.90 Å². The van der Waals surface area contributed by atoms with Gasteiger partial charge in [0, 0.05) is 18.3 Å². The van der Waals surface area contributed by atoms with Crippen molar-refractivity contribution >= 4 is 11.6 Å². The Kier molecular flexibility index (Phi) is 4.00. The molecule has 0 atom stereocenters. The van der Waals surface area contributed by atoms with Crippen molar-refractivity contribution < 1.29 is 4.79 Å². The second-order valence-corrected chi connectivity index (χ2v) is 4.94. The molecule has 0 bridgehead atoms. The Bertz CT molecular complexity index is 560. The van der Waals surface area contributed by atoms with Gasteiger partial charge in [-0.3, -0.25) is 4.79 Å². The highest BCUT2D eigenvalue weighted by Crippen LogP contribution is 2.22. The quantitative estimate of drug-likeness (QED) is 0.807. The minimum Gasteiger partial charge on any atom is -0.311 e. The molecule has 0 aliphatic carbocycles. The van der Waals surface area contributed by atoms with E-state index in [0.717, 1.165) is 16.8 Å². The third-order valence-corrected chi connectivity index (χ3v) is 3.26. The van der Waals surface area contributed by atoms with Crippen molar-refractivity contribution in [3.63, 3.8) is 0 Å². The van der Waals surface area contributed by atoms with E-state index in [-0.39, 0.29) is 5.91 Å². The van der Waals surface area contributed by atoms with Gasteiger partial charge >= 0.3 is 0 Å². The second-order valence-electron chi connectivity index (χ2n) is 4.94. The fraction of sp³-hybridized carbons (Fsp3) is 0.235. The number of para-hydroxylation sites is 1. The number of benzene rings is 2. The molecule has 0 aromatic heterocycles. The third-order valence-electron chi connectivity index (χ3n) is 3.26. The Balaban J connectivity index is 2.35. The molecule has 0 heterocycles. The molecule has 0 saturated carbocycles. The molecule has 2 nitrogen and oxygen atoms in total. The van der Waals surface area contributed by atoms with Crippen LogP contribution in [-0.4, -0.2) is 13.0 Å². The Morgan fingerprint density at radius 2 is 1.53 bits per heavy atom. The zero-order chi connectivity index (χ0) is 13.8. The van der Waals surface area contributed by atoms with E-state index in [4.69, 9.17) is 0 Å². The van der Waals surface area contributed by atoms with Crippen LogP contribution >= 0.6 is 0 Å². The Morgan fingerprint density at radius 3 is 2.16 bits per heavy atom. The van der Waals surface area contributed by atoms with E-state index in [2.05, 4.69) is 13.8 Å². The summed E-state index contributed by atoms with van der Waals surface area (Å²) in [4.78, 5) is 14.3. The molecule has 2 aromatic rings. The molecule has 0 fully saturated rings. The van der Waals surface area contributed by atoms with Crippen LogP contribution in [0.1, 0.15) is 35.7 Å². The van der Waals surface area contributed by atoms with E-state index in [9.17, 15) is 4.79 Å². The van der Waals surface area contributed by atoms with E-state index in [1.165, 1.54) is 0 Å². The third kappa shape index (κ3) is 2.84. The summed E-state index contributed by atoms with van der Waals surface area (Å²) in [5.74, 6) is 0.375. The first-order chi connectivity index (χ1) is 9.11. The number of amides is 1. The number of hydrogen-bond acceptors (Lipinski definition) is 1. The van der Waals surface area contributed by atoms with Crippen molar-refractivity contribution in [3.05, 3.63) is 65.7 Å². The predicted molar refractivity (Wildman–Crippen MR) is 79.7 cm³/mol. The van der Waals surface area contributed by atoms with Gasteiger partial charge in [0.1, 0.15) is 0 Å². The highest BCUT2D eigenvalue weighted by Gasteiger charge is 2.17. The summed E-state index contributed by atoms with van der Waals surface area (Å²) in [5.41, 5.74) is 2.78. The largest absolute Gasteiger partial charge is 0.311 e. The monoisotopic (exact) mass is 253 g/mol. The highest BCUT2D eigenvalue weighted by molar-refractivity contribution is 6.06. The number of hydrogen-bond donors (Lipinski definition) is 0. The lowest BCUT2D eigenvalue weighted by atomic mass is 9.96. The Morgan fingerprint density at radius 1 is 0.947 bits per heavy atom. The maximum Gasteiger partial charge on any atom is 0.258 e. The normalized spacial score (nSPS) is 10.5. The van der Waals surface area contributed by atoms with Crippen LogP contribution in [-0.2, 0) is 0 Å². The first kappa shape index (κ1) is 13.3. The number of carbonyl (C=O) groups excluding carboxylic acids is 1. The molecule has 0 spiro atoms. The number of nitrogens with zero attached hydrogens (tertiary/aromatic N) is 1. The molecule has 19 heavy (non-hydrogen) atoms. The average molecular weight is 253 g/mol. The Labute approximate surface area is 114 Å². The minimum atomic E-state index is 0.0375. The average Bonchev–Trinajstić information content (AvgIpc) is 2.46. The number of rotatable bonds is 3. The van der Waals surface area contributed by atoms with Crippen LogP contribution in [0.25, 0.3) is 0 Å². The van der Waals surface area contributed by atoms with Crippen molar-refractivity contribution in [1.82, 2.24) is 0 Å². The summed E-state index contributed by atoms with van der Waals surface area (Å²) >= 11 is 0. The summed E-state index contributed by atoms with van der Waals surface area (Å²) in [6.45, 7) is 4.21. The summed E-state index contributed by atoms with van der Waals surface area (Å²) < 4.78 is 0. The molecular formula is C17H19NO. The van der Waals surface area contributed by atoms with Gasteiger partial charge in [0.2, 0.25) is 0 Å². The first-order valence-electron chi connectivity index (χ1n) is 6.53. The van der Waals surface area contributed by atoms with Crippen LogP contribution in [0.4, 0.5) is 5.69 Å². The van der Waals surface area contributed by atoms with Gasteiger partial charge in [-0.25, -0.2) is 0 Å². The number of anilines is 1. The molecule has 98 valence electrons. The van der Waals surface area contributed by atoms with Crippen molar-refractivity contribution in [2.24, 2.45) is 0 Å². The van der Waals surface area contributed by atoms with Crippen molar-refractivity contribution in [2.45, 2.75) is 19.8 Å². The molecule has 0 aliphatic rings. The van der Waals surface area contributed by atoms with Crippen LogP contribution in [0, 0.1) is 0 Å². The summed E-state index contributed by atoms with van der Waals surface area (Å²) in [5, 5.41) is 0. The maximum atomic E-state index is 12.6. The minimum absolute atomic E-state index is 0.0375. The van der Waals surface area contributed by atoms with Crippen molar-refractivity contribution in [3.8, 4) is 0 Å². The topological polar surface area (TPSA) is 20.3 Å². The van der Waals surface area contributed by atoms with Crippen molar-refractivity contribution in [1.29, 1.82) is 0 Å². The molecule has 0 aliphatic heterocycles. The van der Waals surface area contributed by atoms with Gasteiger partial charge in [0.25, 0.3) is 5.91 Å². The lowest BCUT2D eigenvalue weighted by molar-refractivity contribution is 0.0992. The smallest absolute Gasteiger partial charge is 0.258 e. The molecule has 2 aromatic carbocycles. The fourth-order valence-corrected chi connectivity index (χ4v) is 2.14. The molecule has 2 rings (SSSR count). The molecule has 0 saturated heterocycles. The molecular weight excluding hydrogens is 234 g/mol. The first-order valence-corrected chi connectivity index (χ1v) is 6.53. The summed E-state index contributed by atoms with van der Waals surface area (Å²) in [6, 6.07) is 17.5. The number of carbonyl (C=O) groups is 1. The zero-order valence-electron chi connectivity index (χ0n) is 11.6. The molecule has 0 N–H and O–H groups in total. The molecule has 1 amide bonds. The van der Waals surface area contributed by atoms with Crippen LogP contribution in [0.15, 0.2) is 54.6 Å². The van der Waals surface area contributed by atoms with Crippen LogP contribution in [0.3, 0.4) is 0 Å². The van der Waals surface area contributed by atoms with Crippen LogP contribution < -0.4 is 4.90 Å². The van der Waals surface area contributed by atoms with E-state index in [1.54, 1.807) is 4.90 Å². The molecule has 0 radical (unpaired) electrons. The van der Waals surface area contributed by atoms with E-state index >= 15 is 0 Å². The lowest BCUT2D eigenvalue weighted by Gasteiger charge is -2.20. The van der Waals surface area contributed by atoms with Crippen LogP contribution in [0.2, 0.25) is 0 Å². The van der Waals surface area contributed by atoms with Gasteiger partial charge in [-0.15, -0.1) is 0 Å². The zero-order valence-corrected chi connectivity index (χ0v) is 11.6. The molecule has 2 heteroatoms. The van der Waals surface area contributed by atoms with E-state index < -0.39 is 0 Å². The van der Waals surface area contributed by atoms with Crippen molar-refractivity contribution in [2.75, 3.05) is 11.9 Å². The standard InChI is InChI=1S/C17H19NO/c1-13(2)15-11-7-8-12-16(15)17(19)18(3)14-9-5-4-6-10-14/h4-13H,1-3H3. The van der Waals surface area contributed by atoms with E-state index in [0.29, 0.717) is 5.92 Å². The maximum absolute atomic E-state index is 12.6. The highest BCUT2D eigenvalue weighted by atomic mass is 16.2. The molecule has 0 unspecified atom stereocenters. The second kappa shape index (κ2) is 5.70. The fourth-order valence-electron chi connectivity index (χ4n) is 2.14. The Hall–Kier alpha value is -2.09. The van der Waals surface area contributed by atoms with Gasteiger partial charge in [-0.1, -0.05) is 50.2 Å².